The summed E-state index contributed by atoms with van der Waals surface area (Å²) < 4.78 is 5.26. The van der Waals surface area contributed by atoms with Crippen molar-refractivity contribution >= 4 is 11.7 Å². The Morgan fingerprint density at radius 3 is 2.36 bits per heavy atom. The minimum atomic E-state index is -1.10. The predicted molar refractivity (Wildman–Crippen MR) is 81.3 cm³/mol. The second kappa shape index (κ2) is 6.14. The first-order valence-corrected chi connectivity index (χ1v) is 6.87. The number of carbonyl (C=O) groups excluding carboxylic acids is 1. The number of carbonyl (C=O) groups is 1. The highest BCUT2D eigenvalue weighted by Gasteiger charge is 2.33. The van der Waals surface area contributed by atoms with Gasteiger partial charge < -0.3 is 4.74 Å². The number of nitro benzene ring substituents is 1. The molecule has 0 bridgehead atoms. The Morgan fingerprint density at radius 1 is 1.36 bits per heavy atom. The third kappa shape index (κ3) is 4.29. The normalized spacial score (nSPS) is 13.8. The van der Waals surface area contributed by atoms with Crippen molar-refractivity contribution in [3.63, 3.8) is 0 Å². The Kier molecular flexibility index (Phi) is 4.92. The molecule has 0 saturated carbocycles. The number of benzene rings is 1. The molecular weight excluding hydrogens is 284 g/mol. The molecule has 1 aromatic rings. The molecule has 0 amide bonds. The zero-order chi connectivity index (χ0) is 17.1. The summed E-state index contributed by atoms with van der Waals surface area (Å²) >= 11 is 0. The molecule has 22 heavy (non-hydrogen) atoms. The molecule has 0 radical (unpaired) electrons. The van der Waals surface area contributed by atoms with Gasteiger partial charge in [0.2, 0.25) is 0 Å². The lowest BCUT2D eigenvalue weighted by atomic mass is 9.78. The van der Waals surface area contributed by atoms with Gasteiger partial charge in [0.05, 0.1) is 22.8 Å². The highest BCUT2D eigenvalue weighted by molar-refractivity contribution is 5.73. The van der Waals surface area contributed by atoms with E-state index >= 15 is 0 Å². The molecule has 0 aliphatic heterocycles. The maximum atomic E-state index is 12.0. The summed E-state index contributed by atoms with van der Waals surface area (Å²) in [6.45, 7) is 8.58. The molecule has 0 aromatic heterocycles. The topological polar surface area (TPSA) is 93.2 Å². The number of rotatable bonds is 4. The molecule has 0 heterocycles. The zero-order valence-electron chi connectivity index (χ0n) is 13.5. The molecule has 0 N–H and O–H groups in total. The van der Waals surface area contributed by atoms with E-state index < -0.39 is 21.9 Å². The highest BCUT2D eigenvalue weighted by Crippen LogP contribution is 2.32. The van der Waals surface area contributed by atoms with Gasteiger partial charge in [-0.3, -0.25) is 14.9 Å². The summed E-state index contributed by atoms with van der Waals surface area (Å²) in [5, 5.41) is 20.3. The lowest BCUT2D eigenvalue weighted by Crippen LogP contribution is -2.30. The lowest BCUT2D eigenvalue weighted by molar-refractivity contribution is -0.384. The van der Waals surface area contributed by atoms with Gasteiger partial charge in [0.15, 0.2) is 0 Å². The Hall–Kier alpha value is -2.42. The molecular formula is C16H20N2O4. The molecule has 0 saturated heterocycles. The van der Waals surface area contributed by atoms with E-state index in [0.29, 0.717) is 11.1 Å². The molecule has 1 aromatic carbocycles. The van der Waals surface area contributed by atoms with Crippen molar-refractivity contribution in [1.29, 1.82) is 5.26 Å². The molecule has 0 spiro atoms. The van der Waals surface area contributed by atoms with Crippen LogP contribution in [-0.4, -0.2) is 16.5 Å². The van der Waals surface area contributed by atoms with E-state index in [1.54, 1.807) is 34.6 Å². The van der Waals surface area contributed by atoms with Gasteiger partial charge in [0.25, 0.3) is 5.69 Å². The number of nitriles is 1. The van der Waals surface area contributed by atoms with E-state index in [0.717, 1.165) is 0 Å². The molecule has 1 rings (SSSR count). The number of ether oxygens (including phenoxy) is 1. The van der Waals surface area contributed by atoms with Gasteiger partial charge in [-0.05, 0) is 45.7 Å². The number of nitro groups is 1. The molecule has 0 fully saturated rings. The van der Waals surface area contributed by atoms with Crippen LogP contribution >= 0.6 is 0 Å². The van der Waals surface area contributed by atoms with Gasteiger partial charge in [0, 0.05) is 12.1 Å². The first kappa shape index (κ1) is 17.6. The van der Waals surface area contributed by atoms with Crippen LogP contribution in [0.5, 0.6) is 0 Å². The third-order valence-electron chi connectivity index (χ3n) is 3.18. The Balaban J connectivity index is 3.12. The number of non-ortho nitro benzene ring substituents is 1. The van der Waals surface area contributed by atoms with Crippen LogP contribution in [-0.2, 0) is 14.9 Å². The lowest BCUT2D eigenvalue weighted by Gasteiger charge is -2.26. The minimum Gasteiger partial charge on any atom is -0.460 e. The predicted octanol–water partition coefficient (Wildman–Crippen LogP) is 3.42. The van der Waals surface area contributed by atoms with Crippen molar-refractivity contribution in [2.24, 2.45) is 0 Å². The van der Waals surface area contributed by atoms with E-state index in [1.807, 2.05) is 0 Å². The average molecular weight is 304 g/mol. The van der Waals surface area contributed by atoms with Gasteiger partial charge in [-0.1, -0.05) is 6.07 Å². The van der Waals surface area contributed by atoms with Gasteiger partial charge in [-0.25, -0.2) is 0 Å². The summed E-state index contributed by atoms with van der Waals surface area (Å²) in [7, 11) is 0. The van der Waals surface area contributed by atoms with Crippen LogP contribution < -0.4 is 0 Å². The Bertz CT molecular complexity index is 641. The van der Waals surface area contributed by atoms with Crippen molar-refractivity contribution in [3.8, 4) is 6.07 Å². The summed E-state index contributed by atoms with van der Waals surface area (Å²) in [5.41, 5.74) is -0.577. The fourth-order valence-electron chi connectivity index (χ4n) is 2.24. The number of hydrogen-bond acceptors (Lipinski definition) is 5. The summed E-state index contributed by atoms with van der Waals surface area (Å²) in [4.78, 5) is 22.3. The van der Waals surface area contributed by atoms with Crippen molar-refractivity contribution in [3.05, 3.63) is 39.4 Å². The largest absolute Gasteiger partial charge is 0.460 e. The first-order valence-electron chi connectivity index (χ1n) is 6.87. The van der Waals surface area contributed by atoms with Gasteiger partial charge in [-0.15, -0.1) is 0 Å². The van der Waals surface area contributed by atoms with Crippen molar-refractivity contribution in [2.45, 2.75) is 52.1 Å². The summed E-state index contributed by atoms with van der Waals surface area (Å²) in [5.74, 6) is -0.477. The SMILES string of the molecule is Cc1cc([N+](=O)[O-])ccc1C(C)(C#N)CC(=O)OC(C)(C)C. The van der Waals surface area contributed by atoms with Gasteiger partial charge in [0.1, 0.15) is 5.60 Å². The van der Waals surface area contributed by atoms with E-state index in [9.17, 15) is 20.2 Å². The summed E-state index contributed by atoms with van der Waals surface area (Å²) in [6.07, 6.45) is -0.112. The van der Waals surface area contributed by atoms with Crippen LogP contribution in [0.15, 0.2) is 18.2 Å². The fraction of sp³-hybridized carbons (Fsp3) is 0.500. The number of hydrogen-bond donors (Lipinski definition) is 0. The third-order valence-corrected chi connectivity index (χ3v) is 3.18. The quantitative estimate of drug-likeness (QED) is 0.482. The van der Waals surface area contributed by atoms with Crippen LogP contribution in [0.1, 0.15) is 45.2 Å². The van der Waals surface area contributed by atoms with Gasteiger partial charge >= 0.3 is 5.97 Å². The standard InChI is InChI=1S/C16H20N2O4/c1-11-8-12(18(20)21)6-7-13(11)16(5,10-17)9-14(19)22-15(2,3)4/h6-8H,9H2,1-5H3. The van der Waals surface area contributed by atoms with E-state index in [2.05, 4.69) is 6.07 Å². The second-order valence-electron chi connectivity index (χ2n) is 6.46. The van der Waals surface area contributed by atoms with E-state index in [4.69, 9.17) is 4.74 Å². The molecule has 1 unspecified atom stereocenters. The molecule has 118 valence electrons. The van der Waals surface area contributed by atoms with Crippen LogP contribution in [0.2, 0.25) is 0 Å². The molecule has 6 heteroatoms. The Morgan fingerprint density at radius 2 is 1.95 bits per heavy atom. The molecule has 6 nitrogen and oxygen atoms in total. The van der Waals surface area contributed by atoms with Crippen LogP contribution in [0, 0.1) is 28.4 Å². The van der Waals surface area contributed by atoms with Gasteiger partial charge in [-0.2, -0.15) is 5.26 Å². The second-order valence-corrected chi connectivity index (χ2v) is 6.46. The first-order chi connectivity index (χ1) is 9.98. The summed E-state index contributed by atoms with van der Waals surface area (Å²) in [6, 6.07) is 6.40. The molecule has 0 aliphatic carbocycles. The molecule has 1 atom stereocenters. The van der Waals surface area contributed by atoms with E-state index in [1.165, 1.54) is 18.2 Å². The van der Waals surface area contributed by atoms with Crippen molar-refractivity contribution in [1.82, 2.24) is 0 Å². The van der Waals surface area contributed by atoms with Crippen molar-refractivity contribution < 1.29 is 14.5 Å². The highest BCUT2D eigenvalue weighted by atomic mass is 16.6. The fourth-order valence-corrected chi connectivity index (χ4v) is 2.24. The maximum Gasteiger partial charge on any atom is 0.308 e. The van der Waals surface area contributed by atoms with Crippen LogP contribution in [0.25, 0.3) is 0 Å². The van der Waals surface area contributed by atoms with E-state index in [-0.39, 0.29) is 12.1 Å². The zero-order valence-corrected chi connectivity index (χ0v) is 13.5. The van der Waals surface area contributed by atoms with Crippen LogP contribution in [0.4, 0.5) is 5.69 Å². The number of aryl methyl sites for hydroxylation is 1. The van der Waals surface area contributed by atoms with Crippen molar-refractivity contribution in [2.75, 3.05) is 0 Å². The maximum absolute atomic E-state index is 12.0. The average Bonchev–Trinajstić information content (AvgIpc) is 2.35. The Labute approximate surface area is 129 Å². The monoisotopic (exact) mass is 304 g/mol. The van der Waals surface area contributed by atoms with Crippen LogP contribution in [0.3, 0.4) is 0 Å². The number of nitrogens with zero attached hydrogens (tertiary/aromatic N) is 2. The smallest absolute Gasteiger partial charge is 0.308 e. The number of esters is 1. The molecule has 0 aliphatic rings. The minimum absolute atomic E-state index is 0.0428.